The fraction of sp³-hybridized carbons (Fsp3) is 0.154. The van der Waals surface area contributed by atoms with Crippen molar-refractivity contribution in [3.8, 4) is 5.75 Å². The van der Waals surface area contributed by atoms with Crippen LogP contribution < -0.4 is 5.32 Å². The third kappa shape index (κ3) is 3.04. The van der Waals surface area contributed by atoms with Gasteiger partial charge in [-0.3, -0.25) is 14.8 Å². The maximum atomic E-state index is 11.8. The Hall–Kier alpha value is -2.43. The van der Waals surface area contributed by atoms with Crippen LogP contribution >= 0.6 is 0 Å². The van der Waals surface area contributed by atoms with Crippen LogP contribution in [0.3, 0.4) is 0 Å². The molecule has 2 N–H and O–H groups in total. The number of phenols is 1. The van der Waals surface area contributed by atoms with Crippen LogP contribution in [0, 0.1) is 6.92 Å². The van der Waals surface area contributed by atoms with Gasteiger partial charge in [0.25, 0.3) is 5.91 Å². The van der Waals surface area contributed by atoms with Crippen molar-refractivity contribution in [2.45, 2.75) is 13.5 Å². The molecule has 92 valence electrons. The van der Waals surface area contributed by atoms with Crippen molar-refractivity contribution in [3.05, 3.63) is 53.6 Å². The quantitative estimate of drug-likeness (QED) is 0.855. The number of aromatic nitrogens is 2. The molecular weight excluding hydrogens is 230 g/mol. The van der Waals surface area contributed by atoms with E-state index < -0.39 is 0 Å². The Morgan fingerprint density at radius 1 is 1.33 bits per heavy atom. The van der Waals surface area contributed by atoms with Crippen LogP contribution in [0.1, 0.15) is 21.7 Å². The minimum Gasteiger partial charge on any atom is -0.508 e. The highest BCUT2D eigenvalue weighted by atomic mass is 16.3. The SMILES string of the molecule is Cc1cnc(CNC(=O)c2cccc(O)c2)cn1. The highest BCUT2D eigenvalue weighted by Gasteiger charge is 2.06. The molecule has 0 saturated carbocycles. The van der Waals surface area contributed by atoms with E-state index in [-0.39, 0.29) is 11.7 Å². The van der Waals surface area contributed by atoms with Crippen molar-refractivity contribution in [2.75, 3.05) is 0 Å². The second kappa shape index (κ2) is 5.27. The second-order valence-electron chi connectivity index (χ2n) is 3.88. The first-order chi connectivity index (χ1) is 8.65. The lowest BCUT2D eigenvalue weighted by molar-refractivity contribution is 0.0950. The summed E-state index contributed by atoms with van der Waals surface area (Å²) < 4.78 is 0. The van der Waals surface area contributed by atoms with Crippen molar-refractivity contribution in [1.82, 2.24) is 15.3 Å². The highest BCUT2D eigenvalue weighted by molar-refractivity contribution is 5.94. The summed E-state index contributed by atoms with van der Waals surface area (Å²) in [7, 11) is 0. The summed E-state index contributed by atoms with van der Waals surface area (Å²) in [6.07, 6.45) is 3.27. The van der Waals surface area contributed by atoms with E-state index in [1.807, 2.05) is 6.92 Å². The van der Waals surface area contributed by atoms with Crippen molar-refractivity contribution < 1.29 is 9.90 Å². The number of nitrogens with zero attached hydrogens (tertiary/aromatic N) is 2. The molecule has 1 aromatic heterocycles. The van der Waals surface area contributed by atoms with Gasteiger partial charge in [-0.05, 0) is 25.1 Å². The second-order valence-corrected chi connectivity index (χ2v) is 3.88. The monoisotopic (exact) mass is 243 g/mol. The summed E-state index contributed by atoms with van der Waals surface area (Å²) >= 11 is 0. The molecule has 5 nitrogen and oxygen atoms in total. The maximum absolute atomic E-state index is 11.8. The molecule has 0 spiro atoms. The summed E-state index contributed by atoms with van der Waals surface area (Å²) in [4.78, 5) is 20.0. The minimum absolute atomic E-state index is 0.0674. The normalized spacial score (nSPS) is 10.1. The molecule has 0 aliphatic carbocycles. The summed E-state index contributed by atoms with van der Waals surface area (Å²) in [5.74, 6) is -0.189. The van der Waals surface area contributed by atoms with Crippen LogP contribution in [0.2, 0.25) is 0 Å². The molecule has 0 saturated heterocycles. The largest absolute Gasteiger partial charge is 0.508 e. The molecule has 1 aromatic carbocycles. The van der Waals surface area contributed by atoms with Gasteiger partial charge in [-0.15, -0.1) is 0 Å². The Bertz CT molecular complexity index is 552. The number of aryl methyl sites for hydroxylation is 1. The van der Waals surface area contributed by atoms with Crippen molar-refractivity contribution >= 4 is 5.91 Å². The third-order valence-corrected chi connectivity index (χ3v) is 2.37. The molecule has 0 fully saturated rings. The Balaban J connectivity index is 1.98. The van der Waals surface area contributed by atoms with Crippen LogP contribution in [-0.2, 0) is 6.54 Å². The topological polar surface area (TPSA) is 75.1 Å². The van der Waals surface area contributed by atoms with Gasteiger partial charge in [0.15, 0.2) is 0 Å². The van der Waals surface area contributed by atoms with Crippen LogP contribution in [0.15, 0.2) is 36.7 Å². The molecular formula is C13H13N3O2. The number of carbonyl (C=O) groups excluding carboxylic acids is 1. The zero-order chi connectivity index (χ0) is 13.0. The van der Waals surface area contributed by atoms with Crippen LogP contribution in [-0.4, -0.2) is 21.0 Å². The Labute approximate surface area is 105 Å². The molecule has 2 aromatic rings. The zero-order valence-corrected chi connectivity index (χ0v) is 9.92. The molecule has 0 bridgehead atoms. The number of carbonyl (C=O) groups is 1. The number of nitrogens with one attached hydrogen (secondary N) is 1. The summed E-state index contributed by atoms with van der Waals surface area (Å²) in [5.41, 5.74) is 1.93. The summed E-state index contributed by atoms with van der Waals surface area (Å²) in [6.45, 7) is 2.16. The van der Waals surface area contributed by atoms with Crippen molar-refractivity contribution in [1.29, 1.82) is 0 Å². The average Bonchev–Trinajstić information content (AvgIpc) is 2.38. The predicted octanol–water partition coefficient (Wildman–Crippen LogP) is 1.42. The van der Waals surface area contributed by atoms with E-state index in [1.165, 1.54) is 12.1 Å². The molecule has 5 heteroatoms. The molecule has 1 amide bonds. The fourth-order valence-corrected chi connectivity index (χ4v) is 1.43. The standard InChI is InChI=1S/C13H13N3O2/c1-9-6-15-11(7-14-9)8-16-13(18)10-3-2-4-12(17)5-10/h2-7,17H,8H2,1H3,(H,16,18). The van der Waals surface area contributed by atoms with E-state index in [4.69, 9.17) is 0 Å². The van der Waals surface area contributed by atoms with Gasteiger partial charge in [0.2, 0.25) is 0 Å². The number of aromatic hydroxyl groups is 1. The Morgan fingerprint density at radius 2 is 2.17 bits per heavy atom. The van der Waals surface area contributed by atoms with Crippen LogP contribution in [0.25, 0.3) is 0 Å². The number of amides is 1. The Morgan fingerprint density at radius 3 is 2.83 bits per heavy atom. The first-order valence-corrected chi connectivity index (χ1v) is 5.50. The van der Waals surface area contributed by atoms with Gasteiger partial charge in [-0.1, -0.05) is 6.07 Å². The van der Waals surface area contributed by atoms with Gasteiger partial charge < -0.3 is 10.4 Å². The number of rotatable bonds is 3. The smallest absolute Gasteiger partial charge is 0.251 e. The van der Waals surface area contributed by atoms with Gasteiger partial charge >= 0.3 is 0 Å². The predicted molar refractivity (Wildman–Crippen MR) is 66.0 cm³/mol. The summed E-state index contributed by atoms with van der Waals surface area (Å²) in [6, 6.07) is 6.18. The molecule has 0 atom stereocenters. The van der Waals surface area contributed by atoms with Gasteiger partial charge in [-0.2, -0.15) is 0 Å². The van der Waals surface area contributed by atoms with Crippen molar-refractivity contribution in [3.63, 3.8) is 0 Å². The van der Waals surface area contributed by atoms with Crippen molar-refractivity contribution in [2.24, 2.45) is 0 Å². The molecule has 0 aliphatic heterocycles. The minimum atomic E-state index is -0.256. The fourth-order valence-electron chi connectivity index (χ4n) is 1.43. The van der Waals surface area contributed by atoms with Gasteiger partial charge in [0.1, 0.15) is 5.75 Å². The third-order valence-electron chi connectivity index (χ3n) is 2.37. The lowest BCUT2D eigenvalue weighted by atomic mass is 10.2. The van der Waals surface area contributed by atoms with E-state index in [9.17, 15) is 9.90 Å². The number of phenolic OH excluding ortho intramolecular Hbond substituents is 1. The number of benzene rings is 1. The van der Waals surface area contributed by atoms with E-state index in [2.05, 4.69) is 15.3 Å². The number of hydrogen-bond acceptors (Lipinski definition) is 4. The van der Waals surface area contributed by atoms with Crippen LogP contribution in [0.5, 0.6) is 5.75 Å². The van der Waals surface area contributed by atoms with E-state index >= 15 is 0 Å². The molecule has 0 aliphatic rings. The van der Waals surface area contributed by atoms with Gasteiger partial charge in [0, 0.05) is 11.8 Å². The Kier molecular flexibility index (Phi) is 3.52. The first kappa shape index (κ1) is 12.0. The molecule has 18 heavy (non-hydrogen) atoms. The van der Waals surface area contributed by atoms with Gasteiger partial charge in [-0.25, -0.2) is 0 Å². The summed E-state index contributed by atoms with van der Waals surface area (Å²) in [5, 5.41) is 12.0. The lowest BCUT2D eigenvalue weighted by Gasteiger charge is -2.05. The lowest BCUT2D eigenvalue weighted by Crippen LogP contribution is -2.23. The molecule has 0 unspecified atom stereocenters. The highest BCUT2D eigenvalue weighted by Crippen LogP contribution is 2.10. The molecule has 0 radical (unpaired) electrons. The van der Waals surface area contributed by atoms with E-state index in [0.29, 0.717) is 17.8 Å². The van der Waals surface area contributed by atoms with Crippen LogP contribution in [0.4, 0.5) is 0 Å². The van der Waals surface area contributed by atoms with E-state index in [0.717, 1.165) is 5.69 Å². The molecule has 2 rings (SSSR count). The number of hydrogen-bond donors (Lipinski definition) is 2. The average molecular weight is 243 g/mol. The maximum Gasteiger partial charge on any atom is 0.251 e. The van der Waals surface area contributed by atoms with E-state index in [1.54, 1.807) is 24.5 Å². The first-order valence-electron chi connectivity index (χ1n) is 5.50. The van der Waals surface area contributed by atoms with Gasteiger partial charge in [0.05, 0.1) is 24.1 Å². The zero-order valence-electron chi connectivity index (χ0n) is 9.92. The molecule has 1 heterocycles.